The van der Waals surface area contributed by atoms with E-state index in [4.69, 9.17) is 0 Å². The Labute approximate surface area is 84.5 Å². The van der Waals surface area contributed by atoms with Gasteiger partial charge in [0.05, 0.1) is 6.54 Å². The molecule has 1 atom stereocenters. The number of hydroxylamine groups is 1. The molecule has 1 aliphatic rings. The highest BCUT2D eigenvalue weighted by molar-refractivity contribution is 5.43. The highest BCUT2D eigenvalue weighted by atomic mass is 16.6. The molecule has 1 fully saturated rings. The van der Waals surface area contributed by atoms with Gasteiger partial charge >= 0.3 is 0 Å². The van der Waals surface area contributed by atoms with E-state index in [0.717, 1.165) is 5.69 Å². The molecule has 1 aromatic rings. The minimum absolute atomic E-state index is 0.0441. The van der Waals surface area contributed by atoms with Crippen molar-refractivity contribution in [3.63, 3.8) is 0 Å². The summed E-state index contributed by atoms with van der Waals surface area (Å²) in [6, 6.07) is 9.41. The van der Waals surface area contributed by atoms with Crippen LogP contribution in [0.3, 0.4) is 0 Å². The molecule has 0 spiro atoms. The van der Waals surface area contributed by atoms with E-state index in [1.807, 2.05) is 36.9 Å². The zero-order valence-electron chi connectivity index (χ0n) is 8.53. The summed E-state index contributed by atoms with van der Waals surface area (Å²) in [4.78, 5) is 0. The van der Waals surface area contributed by atoms with Crippen LogP contribution in [0.4, 0.5) is 5.69 Å². The van der Waals surface area contributed by atoms with Crippen LogP contribution in [0.15, 0.2) is 30.3 Å². The lowest BCUT2D eigenvalue weighted by Gasteiger charge is -2.41. The summed E-state index contributed by atoms with van der Waals surface area (Å²) in [5, 5.41) is 12.3. The molecule has 14 heavy (non-hydrogen) atoms. The minimum atomic E-state index is -0.451. The van der Waals surface area contributed by atoms with E-state index in [-0.39, 0.29) is 5.41 Å². The fraction of sp³-hybridized carbons (Fsp3) is 0.364. The van der Waals surface area contributed by atoms with Gasteiger partial charge in [-0.15, -0.1) is 0 Å². The molecule has 0 saturated carbocycles. The second kappa shape index (κ2) is 3.05. The molecule has 1 aromatic carbocycles. The number of nitrogens with one attached hydrogen (secondary N) is 1. The molecular formula is C11H15N2O-. The molecule has 1 saturated heterocycles. The van der Waals surface area contributed by atoms with Crippen molar-refractivity contribution in [2.45, 2.75) is 13.8 Å². The maximum atomic E-state index is 12.3. The van der Waals surface area contributed by atoms with Crippen molar-refractivity contribution >= 4 is 5.69 Å². The Bertz CT molecular complexity index is 323. The molecule has 1 N–H and O–H groups in total. The molecule has 3 heteroatoms. The summed E-state index contributed by atoms with van der Waals surface area (Å²) in [5.74, 6) is 0. The molecular weight excluding hydrogens is 176 g/mol. The maximum Gasteiger partial charge on any atom is 0.149 e. The Morgan fingerprint density at radius 1 is 1.36 bits per heavy atom. The highest BCUT2D eigenvalue weighted by Gasteiger charge is 2.30. The first-order valence-corrected chi connectivity index (χ1v) is 4.79. The summed E-state index contributed by atoms with van der Waals surface area (Å²) in [6.07, 6.45) is 0. The number of benzene rings is 1. The monoisotopic (exact) mass is 191 g/mol. The molecule has 0 unspecified atom stereocenters. The fourth-order valence-corrected chi connectivity index (χ4v) is 1.78. The maximum absolute atomic E-state index is 12.3. The molecule has 1 aliphatic heterocycles. The van der Waals surface area contributed by atoms with E-state index in [0.29, 0.717) is 6.54 Å². The van der Waals surface area contributed by atoms with Crippen molar-refractivity contribution in [2.75, 3.05) is 6.54 Å². The molecule has 0 amide bonds. The first-order valence-electron chi connectivity index (χ1n) is 4.79. The third-order valence-electron chi connectivity index (χ3n) is 2.47. The zero-order valence-corrected chi connectivity index (χ0v) is 8.53. The van der Waals surface area contributed by atoms with Gasteiger partial charge in [0.1, 0.15) is 5.69 Å². The predicted octanol–water partition coefficient (Wildman–Crippen LogP) is 2.20. The topological polar surface area (TPSA) is 35.1 Å². The Morgan fingerprint density at radius 3 is 2.50 bits per heavy atom. The molecule has 0 radical (unpaired) electrons. The highest BCUT2D eigenvalue weighted by Crippen LogP contribution is 2.33. The minimum Gasteiger partial charge on any atom is -0.609 e. The second-order valence-corrected chi connectivity index (χ2v) is 4.50. The van der Waals surface area contributed by atoms with E-state index in [9.17, 15) is 5.21 Å². The lowest BCUT2D eigenvalue weighted by Crippen LogP contribution is -2.49. The number of hydrogen-bond acceptors (Lipinski definition) is 2. The number of hydrogen-bond donors (Lipinski definition) is 1. The van der Waals surface area contributed by atoms with E-state index < -0.39 is 4.76 Å². The number of rotatable bonds is 1. The molecule has 1 heterocycles. The van der Waals surface area contributed by atoms with Gasteiger partial charge in [-0.3, -0.25) is 4.76 Å². The van der Waals surface area contributed by atoms with Gasteiger partial charge in [0.2, 0.25) is 0 Å². The summed E-state index contributed by atoms with van der Waals surface area (Å²) in [6.45, 7) is 6.53. The Kier molecular flexibility index (Phi) is 2.10. The molecule has 0 aromatic heterocycles. The predicted molar refractivity (Wildman–Crippen MR) is 57.7 cm³/mol. The van der Waals surface area contributed by atoms with Crippen molar-refractivity contribution in [1.82, 2.24) is 10.2 Å². The Balaban J connectivity index is 2.27. The lowest BCUT2D eigenvalue weighted by atomic mass is 9.95. The smallest absolute Gasteiger partial charge is 0.149 e. The van der Waals surface area contributed by atoms with Gasteiger partial charge in [0, 0.05) is 12.1 Å². The second-order valence-electron chi connectivity index (χ2n) is 4.50. The SMILES string of the molecule is CC1(C)[CH-]N[N@+]([O-])(c2ccccc2)C1. The molecule has 3 nitrogen and oxygen atoms in total. The van der Waals surface area contributed by atoms with Gasteiger partial charge in [-0.1, -0.05) is 37.5 Å². The molecule has 0 bridgehead atoms. The van der Waals surface area contributed by atoms with Crippen molar-refractivity contribution < 1.29 is 0 Å². The van der Waals surface area contributed by atoms with E-state index in [2.05, 4.69) is 19.3 Å². The van der Waals surface area contributed by atoms with Gasteiger partial charge in [-0.25, -0.2) is 6.54 Å². The van der Waals surface area contributed by atoms with E-state index >= 15 is 0 Å². The lowest BCUT2D eigenvalue weighted by molar-refractivity contribution is 0.327. The van der Waals surface area contributed by atoms with Crippen LogP contribution in [0.2, 0.25) is 0 Å². The zero-order chi connectivity index (χ0) is 10.2. The van der Waals surface area contributed by atoms with Crippen molar-refractivity contribution in [2.24, 2.45) is 5.41 Å². The summed E-state index contributed by atoms with van der Waals surface area (Å²) in [5.41, 5.74) is 3.61. The average molecular weight is 191 g/mol. The normalized spacial score (nSPS) is 30.5. The molecule has 0 aliphatic carbocycles. The van der Waals surface area contributed by atoms with Gasteiger partial charge < -0.3 is 10.6 Å². The Hall–Kier alpha value is -0.900. The molecule has 2 rings (SSSR count). The van der Waals surface area contributed by atoms with Gasteiger partial charge in [-0.05, 0) is 0 Å². The quantitative estimate of drug-likeness (QED) is 0.419. The number of quaternary nitrogens is 1. The summed E-state index contributed by atoms with van der Waals surface area (Å²) in [7, 11) is 0. The first kappa shape index (κ1) is 9.65. The van der Waals surface area contributed by atoms with Crippen LogP contribution in [0.25, 0.3) is 0 Å². The fourth-order valence-electron chi connectivity index (χ4n) is 1.78. The van der Waals surface area contributed by atoms with Crippen LogP contribution in [-0.2, 0) is 0 Å². The van der Waals surface area contributed by atoms with Crippen LogP contribution < -0.4 is 10.2 Å². The number of para-hydroxylation sites is 1. The van der Waals surface area contributed by atoms with E-state index in [1.165, 1.54) is 0 Å². The van der Waals surface area contributed by atoms with Gasteiger partial charge in [0.25, 0.3) is 0 Å². The van der Waals surface area contributed by atoms with Crippen LogP contribution in [-0.4, -0.2) is 6.54 Å². The van der Waals surface area contributed by atoms with Crippen LogP contribution >= 0.6 is 0 Å². The van der Waals surface area contributed by atoms with Crippen molar-refractivity contribution in [3.8, 4) is 0 Å². The standard InChI is InChI=1S/C11H15N2O/c1-11(2)8-12-13(14,9-11)10-6-4-3-5-7-10/h3-8,12H,9H2,1-2H3/q-1/t13-/m1/s1. The van der Waals surface area contributed by atoms with E-state index in [1.54, 1.807) is 0 Å². The third kappa shape index (κ3) is 1.66. The molecule has 76 valence electrons. The van der Waals surface area contributed by atoms with Crippen molar-refractivity contribution in [3.05, 3.63) is 42.1 Å². The number of nitrogens with zero attached hydrogens (tertiary/aromatic N) is 1. The summed E-state index contributed by atoms with van der Waals surface area (Å²) < 4.78 is -0.451. The van der Waals surface area contributed by atoms with Crippen LogP contribution in [0.5, 0.6) is 0 Å². The van der Waals surface area contributed by atoms with Crippen molar-refractivity contribution in [1.29, 1.82) is 0 Å². The first-order chi connectivity index (χ1) is 6.52. The third-order valence-corrected chi connectivity index (χ3v) is 2.47. The van der Waals surface area contributed by atoms with Crippen LogP contribution in [0.1, 0.15) is 13.8 Å². The average Bonchev–Trinajstić information content (AvgIpc) is 2.44. The van der Waals surface area contributed by atoms with Gasteiger partial charge in [0.15, 0.2) is 0 Å². The summed E-state index contributed by atoms with van der Waals surface area (Å²) >= 11 is 0. The van der Waals surface area contributed by atoms with Crippen LogP contribution in [0, 0.1) is 17.2 Å². The largest absolute Gasteiger partial charge is 0.609 e. The van der Waals surface area contributed by atoms with Gasteiger partial charge in [-0.2, -0.15) is 0 Å². The Morgan fingerprint density at radius 2 is 2.00 bits per heavy atom.